The van der Waals surface area contributed by atoms with Gasteiger partial charge in [-0.25, -0.2) is 0 Å². The Bertz CT molecular complexity index is 1020. The third-order valence-corrected chi connectivity index (χ3v) is 6.62. The molecule has 194 valence electrons. The van der Waals surface area contributed by atoms with Gasteiger partial charge >= 0.3 is 0 Å². The van der Waals surface area contributed by atoms with Crippen LogP contribution in [-0.4, -0.2) is 74.2 Å². The maximum atomic E-state index is 13.0. The Morgan fingerprint density at radius 1 is 0.917 bits per heavy atom. The van der Waals surface area contributed by atoms with E-state index in [1.165, 1.54) is 12.0 Å². The zero-order valence-corrected chi connectivity index (χ0v) is 21.2. The van der Waals surface area contributed by atoms with Gasteiger partial charge in [-0.15, -0.1) is 0 Å². The second-order valence-corrected chi connectivity index (χ2v) is 9.16. The van der Waals surface area contributed by atoms with Gasteiger partial charge in [0.25, 0.3) is 11.8 Å². The smallest absolute Gasteiger partial charge is 0.260 e. The Kier molecular flexibility index (Phi) is 9.58. The fraction of sp³-hybridized carbons (Fsp3) is 0.500. The van der Waals surface area contributed by atoms with E-state index in [2.05, 4.69) is 22.3 Å². The molecule has 2 amide bonds. The van der Waals surface area contributed by atoms with Gasteiger partial charge in [-0.3, -0.25) is 14.5 Å². The lowest BCUT2D eigenvalue weighted by Gasteiger charge is -2.27. The number of rotatable bonds is 10. The molecule has 2 aromatic rings. The average Bonchev–Trinajstić information content (AvgIpc) is 2.92. The van der Waals surface area contributed by atoms with Crippen molar-refractivity contribution in [3.8, 4) is 11.5 Å². The van der Waals surface area contributed by atoms with E-state index in [1.54, 1.807) is 18.2 Å². The molecule has 8 heteroatoms. The molecule has 0 unspecified atom stereocenters. The Morgan fingerprint density at radius 2 is 1.67 bits per heavy atom. The normalized spacial score (nSPS) is 16.4. The van der Waals surface area contributed by atoms with E-state index in [1.807, 2.05) is 24.0 Å². The number of likely N-dealkylation sites (tertiary alicyclic amines) is 1. The summed E-state index contributed by atoms with van der Waals surface area (Å²) in [5.41, 5.74) is 2.79. The number of carbonyl (C=O) groups is 2. The van der Waals surface area contributed by atoms with Gasteiger partial charge in [0.1, 0.15) is 0 Å². The van der Waals surface area contributed by atoms with Crippen molar-refractivity contribution in [3.05, 3.63) is 59.2 Å². The highest BCUT2D eigenvalue weighted by Gasteiger charge is 2.19. The summed E-state index contributed by atoms with van der Waals surface area (Å²) >= 11 is 0. The van der Waals surface area contributed by atoms with E-state index in [-0.39, 0.29) is 18.4 Å². The van der Waals surface area contributed by atoms with Crippen LogP contribution in [0.15, 0.2) is 42.5 Å². The number of morpholine rings is 1. The Balaban J connectivity index is 1.36. The molecule has 2 aliphatic rings. The number of benzene rings is 2. The second-order valence-electron chi connectivity index (χ2n) is 9.16. The molecule has 0 spiro atoms. The minimum absolute atomic E-state index is 0.0188. The Labute approximate surface area is 213 Å². The lowest BCUT2D eigenvalue weighted by Crippen LogP contribution is -2.38. The third kappa shape index (κ3) is 7.21. The molecule has 0 bridgehead atoms. The van der Waals surface area contributed by atoms with Crippen molar-refractivity contribution in [2.45, 2.75) is 39.3 Å². The van der Waals surface area contributed by atoms with Crippen LogP contribution in [0.1, 0.15) is 47.7 Å². The summed E-state index contributed by atoms with van der Waals surface area (Å²) in [5.74, 6) is 0.724. The SMILES string of the molecule is CCOc1cc(C(=O)NCc2ccccc2CN2CCOCC2)ccc1OCC(=O)N1CCCCC1. The van der Waals surface area contributed by atoms with Crippen molar-refractivity contribution in [1.82, 2.24) is 15.1 Å². The molecule has 2 aliphatic heterocycles. The topological polar surface area (TPSA) is 80.3 Å². The van der Waals surface area contributed by atoms with Crippen molar-refractivity contribution in [2.24, 2.45) is 0 Å². The van der Waals surface area contributed by atoms with Gasteiger partial charge < -0.3 is 24.4 Å². The molecule has 0 radical (unpaired) electrons. The summed E-state index contributed by atoms with van der Waals surface area (Å²) in [6, 6.07) is 13.3. The number of carbonyl (C=O) groups excluding carboxylic acids is 2. The summed E-state index contributed by atoms with van der Waals surface area (Å²) in [5, 5.41) is 3.04. The highest BCUT2D eigenvalue weighted by atomic mass is 16.5. The standard InChI is InChI=1S/C28H37N3O5/c1-2-35-26-18-22(10-11-25(26)36-21-27(32)31-12-6-3-7-13-31)28(33)29-19-23-8-4-5-9-24(23)20-30-14-16-34-17-15-30/h4-5,8-11,18H,2-3,6-7,12-17,19-21H2,1H3,(H,29,33). The quantitative estimate of drug-likeness (QED) is 0.545. The van der Waals surface area contributed by atoms with Crippen LogP contribution in [-0.2, 0) is 22.6 Å². The Hall–Kier alpha value is -3.10. The average molecular weight is 496 g/mol. The molecule has 0 aliphatic carbocycles. The summed E-state index contributed by atoms with van der Waals surface area (Å²) in [7, 11) is 0. The van der Waals surface area contributed by atoms with E-state index in [4.69, 9.17) is 14.2 Å². The number of ether oxygens (including phenoxy) is 3. The zero-order chi connectivity index (χ0) is 25.2. The molecule has 1 N–H and O–H groups in total. The van der Waals surface area contributed by atoms with Gasteiger partial charge in [0.15, 0.2) is 18.1 Å². The fourth-order valence-electron chi connectivity index (χ4n) is 4.57. The first-order chi connectivity index (χ1) is 17.6. The van der Waals surface area contributed by atoms with Gasteiger partial charge in [-0.05, 0) is 55.5 Å². The number of amides is 2. The summed E-state index contributed by atoms with van der Waals surface area (Å²) in [4.78, 5) is 29.7. The van der Waals surface area contributed by atoms with Crippen LogP contribution < -0.4 is 14.8 Å². The maximum Gasteiger partial charge on any atom is 0.260 e. The first-order valence-electron chi connectivity index (χ1n) is 13.0. The van der Waals surface area contributed by atoms with Crippen LogP contribution in [0.25, 0.3) is 0 Å². The summed E-state index contributed by atoms with van der Waals surface area (Å²) < 4.78 is 17.0. The maximum absolute atomic E-state index is 13.0. The highest BCUT2D eigenvalue weighted by Crippen LogP contribution is 2.29. The highest BCUT2D eigenvalue weighted by molar-refractivity contribution is 5.94. The van der Waals surface area contributed by atoms with Crippen molar-refractivity contribution in [2.75, 3.05) is 52.6 Å². The summed E-state index contributed by atoms with van der Waals surface area (Å²) in [6.07, 6.45) is 3.25. The van der Waals surface area contributed by atoms with Crippen molar-refractivity contribution in [3.63, 3.8) is 0 Å². The van der Waals surface area contributed by atoms with Gasteiger partial charge in [-0.2, -0.15) is 0 Å². The van der Waals surface area contributed by atoms with E-state index in [0.29, 0.717) is 30.2 Å². The van der Waals surface area contributed by atoms with Gasteiger partial charge in [0.05, 0.1) is 19.8 Å². The van der Waals surface area contributed by atoms with E-state index in [9.17, 15) is 9.59 Å². The van der Waals surface area contributed by atoms with Crippen LogP contribution in [0.5, 0.6) is 11.5 Å². The second kappa shape index (κ2) is 13.3. The molecule has 2 fully saturated rings. The first-order valence-corrected chi connectivity index (χ1v) is 13.0. The van der Waals surface area contributed by atoms with E-state index >= 15 is 0 Å². The fourth-order valence-corrected chi connectivity index (χ4v) is 4.57. The molecular formula is C28H37N3O5. The van der Waals surface area contributed by atoms with Crippen molar-refractivity contribution < 1.29 is 23.8 Å². The van der Waals surface area contributed by atoms with Gasteiger partial charge in [0.2, 0.25) is 0 Å². The molecular weight excluding hydrogens is 458 g/mol. The molecule has 0 aromatic heterocycles. The molecule has 4 rings (SSSR count). The van der Waals surface area contributed by atoms with Crippen LogP contribution >= 0.6 is 0 Å². The number of hydrogen-bond acceptors (Lipinski definition) is 6. The lowest BCUT2D eigenvalue weighted by molar-refractivity contribution is -0.134. The predicted molar refractivity (Wildman–Crippen MR) is 137 cm³/mol. The third-order valence-electron chi connectivity index (χ3n) is 6.62. The number of nitrogens with zero attached hydrogens (tertiary/aromatic N) is 2. The van der Waals surface area contributed by atoms with Crippen LogP contribution in [0, 0.1) is 0 Å². The molecule has 2 heterocycles. The van der Waals surface area contributed by atoms with Crippen LogP contribution in [0.2, 0.25) is 0 Å². The van der Waals surface area contributed by atoms with Crippen molar-refractivity contribution in [1.29, 1.82) is 0 Å². The molecule has 36 heavy (non-hydrogen) atoms. The first kappa shape index (κ1) is 26.0. The molecule has 0 atom stereocenters. The Morgan fingerprint density at radius 3 is 2.42 bits per heavy atom. The lowest BCUT2D eigenvalue weighted by atomic mass is 10.1. The minimum Gasteiger partial charge on any atom is -0.490 e. The van der Waals surface area contributed by atoms with E-state index < -0.39 is 0 Å². The number of piperidine rings is 1. The molecule has 2 aromatic carbocycles. The zero-order valence-electron chi connectivity index (χ0n) is 21.2. The van der Waals surface area contributed by atoms with E-state index in [0.717, 1.165) is 64.3 Å². The monoisotopic (exact) mass is 495 g/mol. The number of nitrogens with one attached hydrogen (secondary N) is 1. The van der Waals surface area contributed by atoms with Gasteiger partial charge in [0, 0.05) is 44.8 Å². The van der Waals surface area contributed by atoms with Crippen LogP contribution in [0.3, 0.4) is 0 Å². The molecule has 8 nitrogen and oxygen atoms in total. The summed E-state index contributed by atoms with van der Waals surface area (Å²) in [6.45, 7) is 8.46. The minimum atomic E-state index is -0.187. The largest absolute Gasteiger partial charge is 0.490 e. The number of hydrogen-bond donors (Lipinski definition) is 1. The van der Waals surface area contributed by atoms with Gasteiger partial charge in [-0.1, -0.05) is 24.3 Å². The van der Waals surface area contributed by atoms with Crippen LogP contribution in [0.4, 0.5) is 0 Å². The predicted octanol–water partition coefficient (Wildman–Crippen LogP) is 3.24. The van der Waals surface area contributed by atoms with Crippen molar-refractivity contribution >= 4 is 11.8 Å². The molecule has 2 saturated heterocycles. The molecule has 0 saturated carbocycles.